The molecule has 10 nitrogen and oxygen atoms in total. The number of likely N-dealkylation sites (N-methyl/N-ethyl adjacent to an activating group) is 1. The number of aromatic nitrogens is 3. The Hall–Kier alpha value is -2.41. The zero-order valence-electron chi connectivity index (χ0n) is 19.7. The minimum atomic E-state index is -3.89. The molecule has 1 amide bonds. The fourth-order valence-corrected chi connectivity index (χ4v) is 5.01. The number of fused-ring (bicyclic) bond motifs is 2. The Labute approximate surface area is 199 Å². The summed E-state index contributed by atoms with van der Waals surface area (Å²) in [6, 6.07) is 4.25. The lowest BCUT2D eigenvalue weighted by atomic mass is 10.0. The zero-order chi connectivity index (χ0) is 24.9. The van der Waals surface area contributed by atoms with Crippen molar-refractivity contribution in [1.82, 2.24) is 24.2 Å². The third-order valence-electron chi connectivity index (χ3n) is 6.00. The highest BCUT2D eigenvalue weighted by molar-refractivity contribution is 7.89. The molecule has 2 aromatic rings. The number of benzene rings is 1. The van der Waals surface area contributed by atoms with E-state index in [1.165, 1.54) is 19.2 Å². The average molecular weight is 498 g/mol. The number of hydrogen-bond donors (Lipinski definition) is 1. The van der Waals surface area contributed by atoms with Crippen molar-refractivity contribution in [1.29, 1.82) is 0 Å². The summed E-state index contributed by atoms with van der Waals surface area (Å²) in [5.74, 6) is -0.886. The number of sulfonamides is 1. The summed E-state index contributed by atoms with van der Waals surface area (Å²) in [4.78, 5) is 14.5. The molecule has 1 aromatic heterocycles. The number of rotatable bonds is 6. The predicted molar refractivity (Wildman–Crippen MR) is 121 cm³/mol. The van der Waals surface area contributed by atoms with Gasteiger partial charge in [-0.25, -0.2) is 12.8 Å². The zero-order valence-corrected chi connectivity index (χ0v) is 20.5. The topological polar surface area (TPSA) is 118 Å². The molecule has 1 N–H and O–H groups in total. The monoisotopic (exact) mass is 497 g/mol. The van der Waals surface area contributed by atoms with Crippen molar-refractivity contribution < 1.29 is 27.4 Å². The van der Waals surface area contributed by atoms with Crippen LogP contribution in [-0.2, 0) is 32.7 Å². The molecule has 3 atom stereocenters. The molecule has 2 bridgehead atoms. The van der Waals surface area contributed by atoms with Crippen LogP contribution in [0.25, 0.3) is 0 Å². The highest BCUT2D eigenvalue weighted by atomic mass is 32.2. The van der Waals surface area contributed by atoms with Gasteiger partial charge in [0.15, 0.2) is 0 Å². The molecule has 0 radical (unpaired) electrons. The predicted octanol–water partition coefficient (Wildman–Crippen LogP) is 1.26. The third-order valence-corrected chi connectivity index (χ3v) is 7.84. The van der Waals surface area contributed by atoms with E-state index in [1.807, 2.05) is 6.92 Å². The number of nitrogens with zero attached hydrogens (tertiary/aromatic N) is 5. The lowest BCUT2D eigenvalue weighted by Gasteiger charge is -2.35. The summed E-state index contributed by atoms with van der Waals surface area (Å²) in [6.07, 6.45) is 2.02. The lowest BCUT2D eigenvalue weighted by Crippen LogP contribution is -2.47. The maximum Gasteiger partial charge on any atom is 0.242 e. The highest BCUT2D eigenvalue weighted by Crippen LogP contribution is 2.21. The third kappa shape index (κ3) is 6.38. The smallest absolute Gasteiger partial charge is 0.242 e. The molecular weight excluding hydrogens is 465 g/mol. The van der Waals surface area contributed by atoms with Gasteiger partial charge in [-0.3, -0.25) is 9.48 Å². The molecule has 0 saturated carbocycles. The summed E-state index contributed by atoms with van der Waals surface area (Å²) in [6.45, 7) is 4.41. The Morgan fingerprint density at radius 1 is 1.32 bits per heavy atom. The van der Waals surface area contributed by atoms with Gasteiger partial charge in [-0.2, -0.15) is 4.31 Å². The number of aryl methyl sites for hydroxylation is 1. The Kier molecular flexibility index (Phi) is 8.74. The quantitative estimate of drug-likeness (QED) is 0.638. The number of amides is 1. The first-order valence-corrected chi connectivity index (χ1v) is 12.7. The van der Waals surface area contributed by atoms with Gasteiger partial charge in [-0.1, -0.05) is 12.1 Å². The van der Waals surface area contributed by atoms with Gasteiger partial charge in [0.25, 0.3) is 0 Å². The van der Waals surface area contributed by atoms with Gasteiger partial charge in [-0.05, 0) is 37.6 Å². The maximum atomic E-state index is 13.3. The molecule has 2 heterocycles. The molecule has 0 fully saturated rings. The molecule has 0 aliphatic carbocycles. The number of carbonyl (C=O) groups is 1. The van der Waals surface area contributed by atoms with Crippen LogP contribution < -0.4 is 0 Å². The second kappa shape index (κ2) is 11.3. The number of carbonyl (C=O) groups excluding carboxylic acids is 1. The number of hydrogen-bond acceptors (Lipinski definition) is 7. The molecule has 0 spiro atoms. The van der Waals surface area contributed by atoms with Crippen molar-refractivity contribution in [3.05, 3.63) is 42.0 Å². The van der Waals surface area contributed by atoms with E-state index >= 15 is 0 Å². The molecule has 1 aliphatic rings. The number of halogens is 1. The Balaban J connectivity index is 1.85. The van der Waals surface area contributed by atoms with E-state index in [0.717, 1.165) is 16.4 Å². The summed E-state index contributed by atoms with van der Waals surface area (Å²) in [7, 11) is -2.45. The first kappa shape index (κ1) is 26.2. The van der Waals surface area contributed by atoms with Crippen LogP contribution in [0.5, 0.6) is 0 Å². The number of aliphatic hydroxyl groups excluding tert-OH is 1. The number of ether oxygens (including phenoxy) is 1. The van der Waals surface area contributed by atoms with Gasteiger partial charge < -0.3 is 14.7 Å². The van der Waals surface area contributed by atoms with Crippen molar-refractivity contribution >= 4 is 15.9 Å². The van der Waals surface area contributed by atoms with Crippen LogP contribution in [-0.4, -0.2) is 82.5 Å². The van der Waals surface area contributed by atoms with Crippen LogP contribution >= 0.6 is 0 Å². The van der Waals surface area contributed by atoms with Gasteiger partial charge in [0, 0.05) is 39.0 Å². The van der Waals surface area contributed by atoms with Crippen LogP contribution in [0, 0.1) is 11.7 Å². The van der Waals surface area contributed by atoms with E-state index in [2.05, 4.69) is 10.3 Å². The van der Waals surface area contributed by atoms with Gasteiger partial charge in [-0.15, -0.1) is 5.10 Å². The van der Waals surface area contributed by atoms with E-state index in [0.29, 0.717) is 25.2 Å². The summed E-state index contributed by atoms with van der Waals surface area (Å²) < 4.78 is 48.3. The second-order valence-electron chi connectivity index (χ2n) is 8.72. The van der Waals surface area contributed by atoms with E-state index in [9.17, 15) is 22.7 Å². The molecule has 34 heavy (non-hydrogen) atoms. The van der Waals surface area contributed by atoms with Crippen LogP contribution in [0.3, 0.4) is 0 Å². The Bertz CT molecular complexity index is 1060. The van der Waals surface area contributed by atoms with Gasteiger partial charge in [0.1, 0.15) is 11.5 Å². The Morgan fingerprint density at radius 3 is 2.71 bits per heavy atom. The first-order chi connectivity index (χ1) is 16.1. The Morgan fingerprint density at radius 2 is 2.03 bits per heavy atom. The van der Waals surface area contributed by atoms with Crippen molar-refractivity contribution in [3.63, 3.8) is 0 Å². The molecule has 1 aromatic carbocycles. The average Bonchev–Trinajstić information content (AvgIpc) is 3.26. The second-order valence-corrected chi connectivity index (χ2v) is 10.8. The minimum Gasteiger partial charge on any atom is -0.394 e. The lowest BCUT2D eigenvalue weighted by molar-refractivity contribution is -0.136. The molecule has 12 heteroatoms. The largest absolute Gasteiger partial charge is 0.394 e. The van der Waals surface area contributed by atoms with Crippen LogP contribution in [0.4, 0.5) is 4.39 Å². The van der Waals surface area contributed by atoms with E-state index in [1.54, 1.807) is 22.7 Å². The van der Waals surface area contributed by atoms with Crippen molar-refractivity contribution in [3.8, 4) is 0 Å². The summed E-state index contributed by atoms with van der Waals surface area (Å²) >= 11 is 0. The maximum absolute atomic E-state index is 13.3. The van der Waals surface area contributed by atoms with Crippen molar-refractivity contribution in [2.45, 2.75) is 56.9 Å². The SMILES string of the molecule is C[C@@H]1CN([C@H](C)CO)C(=O)CCCn2cc(nn2)CO[C@H]1CN(C)S(=O)(=O)c1ccc(F)cc1. The standard InChI is InChI=1S/C22H32FN5O5S/c1-16-11-28(17(2)14-29)22(30)5-4-10-27-12-19(24-25-27)15-33-21(16)13-26(3)34(31,32)20-8-6-18(23)7-9-20/h6-9,12,16-17,21,29H,4-5,10-11,13-15H2,1-3H3/t16-,17-,21+/m1/s1. The summed E-state index contributed by atoms with van der Waals surface area (Å²) in [5, 5.41) is 17.8. The van der Waals surface area contributed by atoms with Gasteiger partial charge in [0.05, 0.1) is 36.5 Å². The molecule has 3 rings (SSSR count). The normalized spacial score (nSPS) is 21.6. The van der Waals surface area contributed by atoms with Gasteiger partial charge in [0.2, 0.25) is 15.9 Å². The van der Waals surface area contributed by atoms with Crippen molar-refractivity contribution in [2.75, 3.05) is 26.7 Å². The molecule has 0 saturated heterocycles. The van der Waals surface area contributed by atoms with Crippen molar-refractivity contribution in [2.24, 2.45) is 5.92 Å². The molecule has 188 valence electrons. The minimum absolute atomic E-state index is 0.00451. The van der Waals surface area contributed by atoms with Gasteiger partial charge >= 0.3 is 0 Å². The van der Waals surface area contributed by atoms with E-state index in [-0.39, 0.29) is 42.9 Å². The molecular formula is C22H32FN5O5S. The fourth-order valence-electron chi connectivity index (χ4n) is 3.83. The first-order valence-electron chi connectivity index (χ1n) is 11.2. The van der Waals surface area contributed by atoms with E-state index in [4.69, 9.17) is 4.74 Å². The highest BCUT2D eigenvalue weighted by Gasteiger charge is 2.31. The molecule has 1 aliphatic heterocycles. The fraction of sp³-hybridized carbons (Fsp3) is 0.591. The summed E-state index contributed by atoms with van der Waals surface area (Å²) in [5.41, 5.74) is 0.604. The number of aliphatic hydroxyl groups is 1. The van der Waals surface area contributed by atoms with Crippen LogP contribution in [0.15, 0.2) is 35.4 Å². The van der Waals surface area contributed by atoms with E-state index < -0.39 is 28.0 Å². The van der Waals surface area contributed by atoms with Crippen LogP contribution in [0.2, 0.25) is 0 Å². The van der Waals surface area contributed by atoms with Crippen LogP contribution in [0.1, 0.15) is 32.4 Å². The molecule has 0 unspecified atom stereocenters.